The molecule has 0 saturated heterocycles. The number of aromatic nitrogens is 2. The van der Waals surface area contributed by atoms with Crippen LogP contribution in [0, 0.1) is 0 Å². The first-order valence-corrected chi connectivity index (χ1v) is 9.15. The summed E-state index contributed by atoms with van der Waals surface area (Å²) >= 11 is 0. The third-order valence-corrected chi connectivity index (χ3v) is 9.36. The zero-order valence-electron chi connectivity index (χ0n) is 11.7. The summed E-state index contributed by atoms with van der Waals surface area (Å²) in [6, 6.07) is 3.95. The van der Waals surface area contributed by atoms with Gasteiger partial charge in [-0.15, -0.1) is 0 Å². The zero-order chi connectivity index (χ0) is 13.6. The molecule has 0 aliphatic rings. The molecule has 96 valence electrons. The quantitative estimate of drug-likeness (QED) is 0.609. The van der Waals surface area contributed by atoms with Crippen molar-refractivity contribution in [2.45, 2.75) is 38.9 Å². The van der Waals surface area contributed by atoms with Crippen LogP contribution in [0.5, 0.6) is 0 Å². The lowest BCUT2D eigenvalue weighted by molar-refractivity contribution is 0.112. The molecule has 3 nitrogen and oxygen atoms in total. The van der Waals surface area contributed by atoms with Crippen molar-refractivity contribution in [2.24, 2.45) is 0 Å². The highest BCUT2D eigenvalue weighted by Gasteiger charge is 2.38. The molecule has 2 heterocycles. The number of rotatable bonds is 2. The number of nitrogens with zero attached hydrogens (tertiary/aromatic N) is 2. The lowest BCUT2D eigenvalue weighted by Crippen LogP contribution is -2.45. The van der Waals surface area contributed by atoms with Gasteiger partial charge in [0.1, 0.15) is 5.65 Å². The second-order valence-corrected chi connectivity index (χ2v) is 11.4. The van der Waals surface area contributed by atoms with Gasteiger partial charge in [0.05, 0.1) is 0 Å². The van der Waals surface area contributed by atoms with Crippen LogP contribution in [0.4, 0.5) is 0 Å². The smallest absolute Gasteiger partial charge is 0.163 e. The molecule has 2 aromatic heterocycles. The summed E-state index contributed by atoms with van der Waals surface area (Å²) in [5, 5.41) is 1.30. The molecule has 0 spiro atoms. The van der Waals surface area contributed by atoms with E-state index in [1.165, 1.54) is 0 Å². The minimum atomic E-state index is -1.65. The molecule has 0 aliphatic heterocycles. The fourth-order valence-corrected chi connectivity index (χ4v) is 3.80. The van der Waals surface area contributed by atoms with Crippen LogP contribution in [-0.2, 0) is 0 Å². The predicted octanol–water partition coefficient (Wildman–Crippen LogP) is 3.70. The molecule has 0 aromatic carbocycles. The molecular formula is C14H20N2OSi. The Balaban J connectivity index is 2.63. The Morgan fingerprint density at radius 1 is 1.33 bits per heavy atom. The van der Waals surface area contributed by atoms with Gasteiger partial charge in [0, 0.05) is 17.1 Å². The van der Waals surface area contributed by atoms with E-state index in [4.69, 9.17) is 0 Å². The van der Waals surface area contributed by atoms with Crippen molar-refractivity contribution in [1.82, 2.24) is 9.22 Å². The number of carbonyl (C=O) groups excluding carboxylic acids is 1. The van der Waals surface area contributed by atoms with Crippen molar-refractivity contribution in [3.8, 4) is 0 Å². The van der Waals surface area contributed by atoms with Gasteiger partial charge in [-0.25, -0.2) is 4.98 Å². The van der Waals surface area contributed by atoms with Gasteiger partial charge in [-0.1, -0.05) is 33.9 Å². The van der Waals surface area contributed by atoms with Crippen molar-refractivity contribution in [1.29, 1.82) is 0 Å². The van der Waals surface area contributed by atoms with Gasteiger partial charge in [0.15, 0.2) is 14.5 Å². The highest BCUT2D eigenvalue weighted by atomic mass is 28.3. The molecule has 0 bridgehead atoms. The Bertz CT molecular complexity index is 593. The number of hydrogen-bond donors (Lipinski definition) is 0. The average molecular weight is 260 g/mol. The van der Waals surface area contributed by atoms with Crippen molar-refractivity contribution < 1.29 is 4.79 Å². The third kappa shape index (κ3) is 1.90. The van der Waals surface area contributed by atoms with E-state index in [2.05, 4.69) is 55.3 Å². The minimum absolute atomic E-state index is 0.254. The van der Waals surface area contributed by atoms with Gasteiger partial charge in [-0.05, 0) is 23.4 Å². The molecule has 18 heavy (non-hydrogen) atoms. The molecule has 2 rings (SSSR count). The van der Waals surface area contributed by atoms with Gasteiger partial charge < -0.3 is 4.23 Å². The molecular weight excluding hydrogens is 240 g/mol. The lowest BCUT2D eigenvalue weighted by atomic mass is 10.2. The minimum Gasteiger partial charge on any atom is -0.359 e. The van der Waals surface area contributed by atoms with Crippen LogP contribution in [0.2, 0.25) is 18.1 Å². The molecule has 0 unspecified atom stereocenters. The summed E-state index contributed by atoms with van der Waals surface area (Å²) < 4.78 is 2.33. The predicted molar refractivity (Wildman–Crippen MR) is 77.7 cm³/mol. The molecule has 2 aromatic rings. The highest BCUT2D eigenvalue weighted by molar-refractivity contribution is 6.79. The van der Waals surface area contributed by atoms with Crippen LogP contribution in [0.15, 0.2) is 24.5 Å². The van der Waals surface area contributed by atoms with Gasteiger partial charge in [0.2, 0.25) is 0 Å². The summed E-state index contributed by atoms with van der Waals surface area (Å²) in [6.45, 7) is 11.5. The van der Waals surface area contributed by atoms with Crippen LogP contribution in [0.3, 0.4) is 0 Å². The Morgan fingerprint density at radius 2 is 2.00 bits per heavy atom. The molecule has 0 atom stereocenters. The number of pyridine rings is 1. The Hall–Kier alpha value is -1.42. The first-order chi connectivity index (χ1) is 8.27. The van der Waals surface area contributed by atoms with Gasteiger partial charge in [-0.2, -0.15) is 0 Å². The number of hydrogen-bond acceptors (Lipinski definition) is 2. The first-order valence-electron chi connectivity index (χ1n) is 6.20. The third-order valence-electron chi connectivity index (χ3n) is 4.12. The van der Waals surface area contributed by atoms with E-state index >= 15 is 0 Å². The molecule has 0 saturated carbocycles. The fourth-order valence-electron chi connectivity index (χ4n) is 1.92. The molecule has 4 heteroatoms. The summed E-state index contributed by atoms with van der Waals surface area (Å²) in [6.07, 6.45) is 4.61. The van der Waals surface area contributed by atoms with Crippen LogP contribution >= 0.6 is 0 Å². The van der Waals surface area contributed by atoms with Crippen molar-refractivity contribution in [3.05, 3.63) is 30.1 Å². The standard InChI is InChI=1S/C14H20N2OSi/c1-14(2,3)18(4,5)16-7-6-12-8-11(10-17)9-15-13(12)16/h6-10H,1-5H3. The lowest BCUT2D eigenvalue weighted by Gasteiger charge is -2.38. The fraction of sp³-hybridized carbons (Fsp3) is 0.429. The van der Waals surface area contributed by atoms with Gasteiger partial charge >= 0.3 is 0 Å². The maximum Gasteiger partial charge on any atom is 0.163 e. The summed E-state index contributed by atoms with van der Waals surface area (Å²) in [5.74, 6) is 0. The monoisotopic (exact) mass is 260 g/mol. The highest BCUT2D eigenvalue weighted by Crippen LogP contribution is 2.38. The van der Waals surface area contributed by atoms with Crippen LogP contribution < -0.4 is 0 Å². The largest absolute Gasteiger partial charge is 0.359 e. The SMILES string of the molecule is CC(C)(C)[Si](C)(C)n1ccc2cc(C=O)cnc21. The van der Waals surface area contributed by atoms with Crippen molar-refractivity contribution in [2.75, 3.05) is 0 Å². The summed E-state index contributed by atoms with van der Waals surface area (Å²) in [5.41, 5.74) is 1.63. The van der Waals surface area contributed by atoms with Gasteiger partial charge in [-0.3, -0.25) is 4.79 Å². The van der Waals surface area contributed by atoms with Crippen molar-refractivity contribution >= 4 is 25.6 Å². The Labute approximate surface area is 109 Å². The van der Waals surface area contributed by atoms with Crippen LogP contribution in [-0.4, -0.2) is 23.7 Å². The van der Waals surface area contributed by atoms with E-state index in [0.29, 0.717) is 5.56 Å². The van der Waals surface area contributed by atoms with Crippen LogP contribution in [0.25, 0.3) is 11.0 Å². The maximum absolute atomic E-state index is 10.8. The number of fused-ring (bicyclic) bond motifs is 1. The molecule has 0 aliphatic carbocycles. The summed E-state index contributed by atoms with van der Waals surface area (Å²) in [4.78, 5) is 15.2. The second-order valence-electron chi connectivity index (χ2n) is 6.29. The van der Waals surface area contributed by atoms with E-state index in [1.54, 1.807) is 6.20 Å². The molecule has 0 fully saturated rings. The molecule has 0 N–H and O–H groups in total. The number of aldehydes is 1. The van der Waals surface area contributed by atoms with E-state index < -0.39 is 8.24 Å². The topological polar surface area (TPSA) is 34.9 Å². The summed E-state index contributed by atoms with van der Waals surface area (Å²) in [7, 11) is -1.65. The van der Waals surface area contributed by atoms with E-state index in [9.17, 15) is 4.79 Å². The molecule has 0 amide bonds. The molecule has 0 radical (unpaired) electrons. The van der Waals surface area contributed by atoms with Gasteiger partial charge in [0.25, 0.3) is 0 Å². The van der Waals surface area contributed by atoms with E-state index in [0.717, 1.165) is 17.3 Å². The van der Waals surface area contributed by atoms with E-state index in [1.807, 2.05) is 6.07 Å². The first kappa shape index (κ1) is 13.0. The number of carbonyl (C=O) groups is 1. The zero-order valence-corrected chi connectivity index (χ0v) is 12.7. The Kier molecular flexibility index (Phi) is 2.93. The van der Waals surface area contributed by atoms with Crippen molar-refractivity contribution in [3.63, 3.8) is 0 Å². The van der Waals surface area contributed by atoms with E-state index in [-0.39, 0.29) is 5.04 Å². The normalized spacial score (nSPS) is 12.9. The van der Waals surface area contributed by atoms with Crippen LogP contribution in [0.1, 0.15) is 31.1 Å². The second kappa shape index (κ2) is 4.05. The Morgan fingerprint density at radius 3 is 2.56 bits per heavy atom. The maximum atomic E-state index is 10.8. The average Bonchev–Trinajstić information content (AvgIpc) is 2.70.